The van der Waals surface area contributed by atoms with Gasteiger partial charge >= 0.3 is 0 Å². The Labute approximate surface area is 229 Å². The topological polar surface area (TPSA) is 96.3 Å². The van der Waals surface area contributed by atoms with Crippen molar-refractivity contribution in [1.82, 2.24) is 5.32 Å². The summed E-state index contributed by atoms with van der Waals surface area (Å²) in [6.45, 7) is 2.43. The number of hydrogen-bond donors (Lipinski definition) is 1. The smallest absolute Gasteiger partial charge is 0.252 e. The van der Waals surface area contributed by atoms with E-state index in [-0.39, 0.29) is 16.6 Å². The summed E-state index contributed by atoms with van der Waals surface area (Å²) in [5.74, 6) is -0.124. The summed E-state index contributed by atoms with van der Waals surface area (Å²) < 4.78 is 32.4. The summed E-state index contributed by atoms with van der Waals surface area (Å²) in [6, 6.07) is 29.4. The minimum absolute atomic E-state index is 0.157. The molecule has 0 fully saturated rings. The van der Waals surface area contributed by atoms with E-state index >= 15 is 0 Å². The predicted molar refractivity (Wildman–Crippen MR) is 152 cm³/mol. The van der Waals surface area contributed by atoms with Crippen molar-refractivity contribution in [2.45, 2.75) is 30.4 Å². The molecule has 0 unspecified atom stereocenters. The first kappa shape index (κ1) is 27.6. The van der Waals surface area contributed by atoms with Gasteiger partial charge in [-0.1, -0.05) is 72.3 Å². The number of aryl methyl sites for hydroxylation is 2. The molecule has 1 N–H and O–H groups in total. The third-order valence-corrected chi connectivity index (χ3v) is 8.12. The minimum atomic E-state index is -3.70. The Morgan fingerprint density at radius 2 is 1.64 bits per heavy atom. The molecule has 6 nitrogen and oxygen atoms in total. The molecule has 39 heavy (non-hydrogen) atoms. The first-order valence-electron chi connectivity index (χ1n) is 12.6. The van der Waals surface area contributed by atoms with E-state index in [9.17, 15) is 18.5 Å². The number of methoxy groups -OCH3 is 1. The van der Waals surface area contributed by atoms with E-state index in [4.69, 9.17) is 4.74 Å². The number of nitriles is 1. The molecule has 1 amide bonds. The van der Waals surface area contributed by atoms with Crippen LogP contribution in [0, 0.1) is 18.3 Å². The van der Waals surface area contributed by atoms with Gasteiger partial charge in [-0.3, -0.25) is 4.79 Å². The van der Waals surface area contributed by atoms with Crippen molar-refractivity contribution in [1.29, 1.82) is 5.26 Å². The van der Waals surface area contributed by atoms with Crippen molar-refractivity contribution in [2.75, 3.05) is 13.7 Å². The number of nitrogens with one attached hydrogen (secondary N) is 1. The molecule has 0 bridgehead atoms. The highest BCUT2D eigenvalue weighted by Gasteiger charge is 2.21. The number of nitrogens with zero attached hydrogens (tertiary/aromatic N) is 1. The Morgan fingerprint density at radius 1 is 0.897 bits per heavy atom. The highest BCUT2D eigenvalue weighted by atomic mass is 32.2. The molecule has 0 heterocycles. The lowest BCUT2D eigenvalue weighted by atomic mass is 10.0. The van der Waals surface area contributed by atoms with Gasteiger partial charge in [-0.05, 0) is 66.3 Å². The number of sulfone groups is 1. The lowest BCUT2D eigenvalue weighted by molar-refractivity contribution is 0.0953. The van der Waals surface area contributed by atoms with Gasteiger partial charge in [0.15, 0.2) is 9.84 Å². The first-order chi connectivity index (χ1) is 18.8. The summed E-state index contributed by atoms with van der Waals surface area (Å²) in [5.41, 5.74) is 5.21. The second-order valence-corrected chi connectivity index (χ2v) is 11.3. The Balaban J connectivity index is 1.43. The van der Waals surface area contributed by atoms with E-state index in [0.29, 0.717) is 41.8 Å². The number of hydrogen-bond acceptors (Lipinski definition) is 5. The van der Waals surface area contributed by atoms with E-state index in [1.165, 1.54) is 7.11 Å². The Hall–Kier alpha value is -4.41. The predicted octanol–water partition coefficient (Wildman–Crippen LogP) is 5.88. The van der Waals surface area contributed by atoms with Crippen molar-refractivity contribution in [3.8, 4) is 22.9 Å². The van der Waals surface area contributed by atoms with E-state index in [1.54, 1.807) is 42.5 Å². The zero-order chi connectivity index (χ0) is 27.8. The maximum absolute atomic E-state index is 13.5. The Kier molecular flexibility index (Phi) is 8.80. The van der Waals surface area contributed by atoms with E-state index in [1.807, 2.05) is 61.5 Å². The van der Waals surface area contributed by atoms with Crippen LogP contribution in [0.2, 0.25) is 0 Å². The van der Waals surface area contributed by atoms with Gasteiger partial charge in [0, 0.05) is 6.54 Å². The number of carbonyl (C=O) groups is 1. The zero-order valence-corrected chi connectivity index (χ0v) is 22.8. The van der Waals surface area contributed by atoms with Gasteiger partial charge in [-0.2, -0.15) is 5.26 Å². The van der Waals surface area contributed by atoms with Gasteiger partial charge in [0.1, 0.15) is 10.6 Å². The Morgan fingerprint density at radius 3 is 2.41 bits per heavy atom. The number of rotatable bonds is 10. The number of amides is 1. The molecule has 4 rings (SSSR count). The highest BCUT2D eigenvalue weighted by molar-refractivity contribution is 7.90. The molecule has 0 spiro atoms. The molecule has 198 valence electrons. The quantitative estimate of drug-likeness (QED) is 0.255. The molecule has 0 saturated heterocycles. The molecule has 0 aliphatic heterocycles. The summed E-state index contributed by atoms with van der Waals surface area (Å²) in [6.07, 6.45) is 1.34. The molecular weight excluding hydrogens is 508 g/mol. The average molecular weight is 539 g/mol. The molecular formula is C32H30N2O4S. The normalized spacial score (nSPS) is 11.0. The van der Waals surface area contributed by atoms with E-state index in [0.717, 1.165) is 22.3 Å². The summed E-state index contributed by atoms with van der Waals surface area (Å²) in [5, 5.41) is 12.0. The molecule has 0 aromatic heterocycles. The van der Waals surface area contributed by atoms with Gasteiger partial charge in [0.2, 0.25) is 0 Å². The maximum Gasteiger partial charge on any atom is 0.252 e. The first-order valence-corrected chi connectivity index (χ1v) is 14.3. The molecule has 7 heteroatoms. The zero-order valence-electron chi connectivity index (χ0n) is 22.0. The number of benzene rings is 4. The average Bonchev–Trinajstić information content (AvgIpc) is 2.94. The van der Waals surface area contributed by atoms with Gasteiger partial charge in [-0.25, -0.2) is 8.42 Å². The number of carbonyl (C=O) groups excluding carboxylic acids is 1. The van der Waals surface area contributed by atoms with Crippen molar-refractivity contribution >= 4 is 15.7 Å². The van der Waals surface area contributed by atoms with Crippen LogP contribution in [0.4, 0.5) is 0 Å². The van der Waals surface area contributed by atoms with Crippen LogP contribution in [0.5, 0.6) is 5.75 Å². The third kappa shape index (κ3) is 6.92. The second kappa shape index (κ2) is 12.4. The Bertz CT molecular complexity index is 1640. The van der Waals surface area contributed by atoms with Gasteiger partial charge in [-0.15, -0.1) is 0 Å². The SMILES string of the molecule is COc1ccc(-c2cccc(C)c2)cc1S(=O)(=O)Cc1cccc(CCCNC(=O)c2ccccc2C#N)c1. The lowest BCUT2D eigenvalue weighted by Crippen LogP contribution is -2.25. The van der Waals surface area contributed by atoms with Crippen LogP contribution in [0.15, 0.2) is 95.9 Å². The van der Waals surface area contributed by atoms with E-state index in [2.05, 4.69) is 5.32 Å². The van der Waals surface area contributed by atoms with Crippen molar-refractivity contribution in [3.05, 3.63) is 119 Å². The minimum Gasteiger partial charge on any atom is -0.495 e. The standard InChI is InChI=1S/C32H30N2O4S/c1-23-8-5-13-26(18-23)27-15-16-30(38-2)31(20-27)39(36,37)22-25-10-6-9-24(19-25)11-7-17-34-32(35)29-14-4-3-12-28(29)21-33/h3-6,8-10,12-16,18-20H,7,11,17,22H2,1-2H3,(H,34,35). The van der Waals surface area contributed by atoms with Crippen LogP contribution in [0.25, 0.3) is 11.1 Å². The fraction of sp³-hybridized carbons (Fsp3) is 0.188. The van der Waals surface area contributed by atoms with Crippen LogP contribution < -0.4 is 10.1 Å². The largest absolute Gasteiger partial charge is 0.495 e. The molecule has 0 aliphatic carbocycles. The van der Waals surface area contributed by atoms with Crippen LogP contribution in [0.1, 0.15) is 39.0 Å². The summed E-state index contributed by atoms with van der Waals surface area (Å²) >= 11 is 0. The van der Waals surface area contributed by atoms with Crippen molar-refractivity contribution in [2.24, 2.45) is 0 Å². The van der Waals surface area contributed by atoms with Gasteiger partial charge < -0.3 is 10.1 Å². The highest BCUT2D eigenvalue weighted by Crippen LogP contribution is 2.32. The molecule has 0 aliphatic rings. The van der Waals surface area contributed by atoms with Crippen molar-refractivity contribution < 1.29 is 17.9 Å². The second-order valence-electron chi connectivity index (χ2n) is 9.33. The van der Waals surface area contributed by atoms with Crippen LogP contribution in [0.3, 0.4) is 0 Å². The fourth-order valence-electron chi connectivity index (χ4n) is 4.46. The molecule has 0 saturated carbocycles. The van der Waals surface area contributed by atoms with Crippen molar-refractivity contribution in [3.63, 3.8) is 0 Å². The molecule has 4 aromatic rings. The van der Waals surface area contributed by atoms with Gasteiger partial charge in [0.25, 0.3) is 5.91 Å². The van der Waals surface area contributed by atoms with Crippen LogP contribution >= 0.6 is 0 Å². The molecule has 4 aromatic carbocycles. The van der Waals surface area contributed by atoms with Crippen LogP contribution in [-0.2, 0) is 22.0 Å². The summed E-state index contributed by atoms with van der Waals surface area (Å²) in [7, 11) is -2.22. The number of ether oxygens (including phenoxy) is 1. The van der Waals surface area contributed by atoms with Crippen LogP contribution in [-0.4, -0.2) is 28.0 Å². The monoisotopic (exact) mass is 538 g/mol. The lowest BCUT2D eigenvalue weighted by Gasteiger charge is -2.13. The van der Waals surface area contributed by atoms with Gasteiger partial charge in [0.05, 0.1) is 30.1 Å². The third-order valence-electron chi connectivity index (χ3n) is 6.42. The molecule has 0 radical (unpaired) electrons. The summed E-state index contributed by atoms with van der Waals surface area (Å²) in [4.78, 5) is 12.6. The fourth-order valence-corrected chi connectivity index (χ4v) is 6.00. The molecule has 0 atom stereocenters. The maximum atomic E-state index is 13.5. The van der Waals surface area contributed by atoms with E-state index < -0.39 is 9.84 Å².